The quantitative estimate of drug-likeness (QED) is 0.407. The number of rotatable bonds is 8. The smallest absolute Gasteiger partial charge is 0.330 e. The van der Waals surface area contributed by atoms with E-state index in [4.69, 9.17) is 4.74 Å². The van der Waals surface area contributed by atoms with Gasteiger partial charge in [-0.2, -0.15) is 0 Å². The van der Waals surface area contributed by atoms with Crippen LogP contribution in [0, 0.1) is 0 Å². The molecular formula is C28H35N3O6S. The minimum absolute atomic E-state index is 0.0336. The lowest BCUT2D eigenvalue weighted by Crippen LogP contribution is -2.57. The molecule has 2 heterocycles. The number of carbonyl (C=O) groups is 4. The van der Waals surface area contributed by atoms with Gasteiger partial charge in [-0.3, -0.25) is 14.4 Å². The summed E-state index contributed by atoms with van der Waals surface area (Å²) < 4.78 is 4.53. The van der Waals surface area contributed by atoms with Crippen LogP contribution in [0.1, 0.15) is 31.4 Å². The maximum atomic E-state index is 14.5. The number of ether oxygens (including phenoxy) is 1. The summed E-state index contributed by atoms with van der Waals surface area (Å²) >= 11 is 0. The third kappa shape index (κ3) is 4.67. The Morgan fingerprint density at radius 2 is 1.61 bits per heavy atom. The molecule has 2 fully saturated rings. The van der Waals surface area contributed by atoms with Crippen molar-refractivity contribution in [2.45, 2.75) is 49.6 Å². The Morgan fingerprint density at radius 3 is 2.13 bits per heavy atom. The summed E-state index contributed by atoms with van der Waals surface area (Å²) in [6.07, 6.45) is 0.0638. The fraction of sp³-hybridized carbons (Fsp3) is 0.429. The molecule has 3 amide bonds. The van der Waals surface area contributed by atoms with E-state index in [1.807, 2.05) is 60.7 Å². The molecule has 9 nitrogen and oxygen atoms in total. The summed E-state index contributed by atoms with van der Waals surface area (Å²) in [5, 5.41) is 9.91. The number of aliphatic hydroxyl groups excluding tert-OH is 1. The molecule has 1 unspecified atom stereocenters. The molecule has 0 saturated carbocycles. The molecule has 38 heavy (non-hydrogen) atoms. The van der Waals surface area contributed by atoms with Gasteiger partial charge in [-0.15, -0.1) is 10.0 Å². The van der Waals surface area contributed by atoms with E-state index in [9.17, 15) is 24.3 Å². The number of likely N-dealkylation sites (N-methyl/N-ethyl adjacent to an activating group) is 1. The molecule has 2 aliphatic rings. The second-order valence-electron chi connectivity index (χ2n) is 10.4. The fourth-order valence-electron chi connectivity index (χ4n) is 5.31. The van der Waals surface area contributed by atoms with E-state index in [1.165, 1.54) is 14.7 Å². The predicted octanol–water partition coefficient (Wildman–Crippen LogP) is 2.91. The zero-order chi connectivity index (χ0) is 27.7. The van der Waals surface area contributed by atoms with Gasteiger partial charge in [0.05, 0.1) is 17.7 Å². The minimum Gasteiger partial charge on any atom is -0.459 e. The standard InChI is InChI=1S/C28H35N3O6S/c1-28(2)25(26(35)37-18-21-13-9-6-10-14-21)31-22(33)15-24(31)38(28,19-32)27(36)30(17-23(34)29(3)4)16-20-11-7-5-8-12-20/h5-14,24-25,32H,15-19H2,1-4H3/t24-,25+/m1/s1. The topological polar surface area (TPSA) is 107 Å². The molecule has 0 bridgehead atoms. The zero-order valence-electron chi connectivity index (χ0n) is 22.2. The molecule has 3 atom stereocenters. The molecule has 4 rings (SSSR count). The Kier molecular flexibility index (Phi) is 7.85. The maximum Gasteiger partial charge on any atom is 0.330 e. The summed E-state index contributed by atoms with van der Waals surface area (Å²) in [5.74, 6) is -1.62. The van der Waals surface area contributed by atoms with Crippen LogP contribution in [0.3, 0.4) is 0 Å². The van der Waals surface area contributed by atoms with E-state index in [1.54, 1.807) is 27.9 Å². The van der Waals surface area contributed by atoms with Gasteiger partial charge in [0.25, 0.3) is 5.24 Å². The largest absolute Gasteiger partial charge is 0.459 e. The number of aliphatic hydroxyl groups is 1. The van der Waals surface area contributed by atoms with Crippen molar-refractivity contribution in [1.29, 1.82) is 0 Å². The van der Waals surface area contributed by atoms with Crippen molar-refractivity contribution in [2.24, 2.45) is 0 Å². The van der Waals surface area contributed by atoms with Gasteiger partial charge in [0, 0.05) is 25.4 Å². The number of amides is 3. The summed E-state index contributed by atoms with van der Waals surface area (Å²) in [7, 11) is 0.514. The molecule has 2 aromatic carbocycles. The number of hydrogen-bond acceptors (Lipinski definition) is 6. The Morgan fingerprint density at radius 1 is 1.03 bits per heavy atom. The van der Waals surface area contributed by atoms with Crippen molar-refractivity contribution in [2.75, 3.05) is 26.6 Å². The van der Waals surface area contributed by atoms with Crippen LogP contribution in [-0.4, -0.2) is 85.6 Å². The minimum atomic E-state index is -2.72. The van der Waals surface area contributed by atoms with Crippen LogP contribution in [0.5, 0.6) is 0 Å². The van der Waals surface area contributed by atoms with Crippen LogP contribution >= 0.6 is 10.0 Å². The first-order valence-electron chi connectivity index (χ1n) is 12.5. The van der Waals surface area contributed by atoms with E-state index in [2.05, 4.69) is 0 Å². The highest BCUT2D eigenvalue weighted by Gasteiger charge is 2.72. The van der Waals surface area contributed by atoms with Crippen molar-refractivity contribution in [3.05, 3.63) is 71.8 Å². The highest BCUT2D eigenvalue weighted by Crippen LogP contribution is 2.74. The number of benzene rings is 2. The monoisotopic (exact) mass is 541 g/mol. The van der Waals surface area contributed by atoms with Crippen LogP contribution in [0.2, 0.25) is 0 Å². The number of esters is 1. The molecule has 0 aromatic heterocycles. The van der Waals surface area contributed by atoms with Gasteiger partial charge < -0.3 is 24.5 Å². The fourth-order valence-corrected chi connectivity index (χ4v) is 9.56. The molecule has 2 saturated heterocycles. The number of nitrogens with zero attached hydrogens (tertiary/aromatic N) is 3. The van der Waals surface area contributed by atoms with Gasteiger partial charge in [0.1, 0.15) is 19.2 Å². The van der Waals surface area contributed by atoms with E-state index in [0.29, 0.717) is 0 Å². The van der Waals surface area contributed by atoms with E-state index in [-0.39, 0.29) is 43.2 Å². The molecule has 2 aromatic rings. The van der Waals surface area contributed by atoms with Crippen molar-refractivity contribution in [3.63, 3.8) is 0 Å². The van der Waals surface area contributed by atoms with Gasteiger partial charge >= 0.3 is 5.97 Å². The first-order valence-corrected chi connectivity index (χ1v) is 14.4. The van der Waals surface area contributed by atoms with Crippen LogP contribution in [0.15, 0.2) is 60.7 Å². The normalized spacial score (nSPS) is 25.0. The van der Waals surface area contributed by atoms with Gasteiger partial charge in [-0.25, -0.2) is 4.79 Å². The third-order valence-corrected chi connectivity index (χ3v) is 12.3. The Balaban J connectivity index is 1.68. The van der Waals surface area contributed by atoms with Crippen LogP contribution in [-0.2, 0) is 32.3 Å². The third-order valence-electron chi connectivity index (χ3n) is 7.55. The van der Waals surface area contributed by atoms with Crippen molar-refractivity contribution in [3.8, 4) is 0 Å². The molecule has 0 aliphatic carbocycles. The first-order chi connectivity index (χ1) is 18.0. The highest BCUT2D eigenvalue weighted by atomic mass is 32.3. The lowest BCUT2D eigenvalue weighted by molar-refractivity contribution is -0.162. The summed E-state index contributed by atoms with van der Waals surface area (Å²) in [5.41, 5.74) is 1.63. The summed E-state index contributed by atoms with van der Waals surface area (Å²) in [4.78, 5) is 57.8. The van der Waals surface area contributed by atoms with Gasteiger partial charge in [-0.1, -0.05) is 60.7 Å². The number of hydrogen-bond donors (Lipinski definition) is 1. The Hall–Kier alpha value is -3.37. The van der Waals surface area contributed by atoms with Crippen LogP contribution in [0.4, 0.5) is 4.79 Å². The van der Waals surface area contributed by atoms with E-state index < -0.39 is 38.1 Å². The molecule has 2 aliphatic heterocycles. The van der Waals surface area contributed by atoms with E-state index >= 15 is 0 Å². The number of β-lactam (4-membered cyclic amide) rings is 1. The molecule has 0 radical (unpaired) electrons. The lowest BCUT2D eigenvalue weighted by atomic mass is 9.98. The van der Waals surface area contributed by atoms with Gasteiger partial charge in [0.2, 0.25) is 11.8 Å². The zero-order valence-corrected chi connectivity index (χ0v) is 23.0. The number of fused-ring (bicyclic) bond motifs is 1. The second kappa shape index (κ2) is 10.8. The second-order valence-corrected chi connectivity index (χ2v) is 14.2. The van der Waals surface area contributed by atoms with Gasteiger partial charge in [-0.05, 0) is 25.0 Å². The Labute approximate surface area is 224 Å². The highest BCUT2D eigenvalue weighted by molar-refractivity contribution is 8.46. The maximum absolute atomic E-state index is 14.5. The average Bonchev–Trinajstić information content (AvgIpc) is 3.07. The van der Waals surface area contributed by atoms with Crippen LogP contribution < -0.4 is 0 Å². The van der Waals surface area contributed by atoms with Crippen molar-refractivity contribution < 1.29 is 29.0 Å². The summed E-state index contributed by atoms with van der Waals surface area (Å²) in [6.45, 7) is 3.52. The van der Waals surface area contributed by atoms with Gasteiger partial charge in [0.15, 0.2) is 0 Å². The number of carbonyl (C=O) groups excluding carboxylic acids is 4. The van der Waals surface area contributed by atoms with Crippen LogP contribution in [0.25, 0.3) is 0 Å². The lowest BCUT2D eigenvalue weighted by Gasteiger charge is -2.51. The molecule has 0 spiro atoms. The average molecular weight is 542 g/mol. The Bertz CT molecular complexity index is 1210. The first kappa shape index (κ1) is 27.7. The molecular weight excluding hydrogens is 506 g/mol. The molecule has 1 N–H and O–H groups in total. The summed E-state index contributed by atoms with van der Waals surface area (Å²) in [6, 6.07) is 17.5. The predicted molar refractivity (Wildman–Crippen MR) is 145 cm³/mol. The molecule has 10 heteroatoms. The molecule has 204 valence electrons. The van der Waals surface area contributed by atoms with Crippen molar-refractivity contribution >= 4 is 33.1 Å². The van der Waals surface area contributed by atoms with Crippen molar-refractivity contribution in [1.82, 2.24) is 14.7 Å². The SMILES string of the molecule is CN(C)C(=O)CN(Cc1ccccc1)C(=O)S1(CO)[C@@H]2CC(=O)N2[C@@H](C(=O)OCc2ccccc2)C1(C)C. The van der Waals surface area contributed by atoms with E-state index in [0.717, 1.165) is 11.1 Å².